The zero-order chi connectivity index (χ0) is 13.2. The molecule has 1 aromatic heterocycles. The standard InChI is InChI=1S/C14H21N3OS/c1-9-8-19-14(16-9)7-15-13(18)6-10-4-11-2-3-12(5-10)17-11/h8,10-12,17H,2-7H2,1H3,(H,15,18). The van der Waals surface area contributed by atoms with Crippen molar-refractivity contribution in [3.63, 3.8) is 0 Å². The van der Waals surface area contributed by atoms with Crippen molar-refractivity contribution in [2.24, 2.45) is 5.92 Å². The lowest BCUT2D eigenvalue weighted by molar-refractivity contribution is -0.122. The number of carbonyl (C=O) groups excluding carboxylic acids is 1. The molecule has 2 atom stereocenters. The molecule has 1 aromatic rings. The summed E-state index contributed by atoms with van der Waals surface area (Å²) in [5, 5.41) is 9.63. The zero-order valence-corrected chi connectivity index (χ0v) is 12.1. The zero-order valence-electron chi connectivity index (χ0n) is 11.3. The fourth-order valence-electron chi connectivity index (χ4n) is 3.33. The summed E-state index contributed by atoms with van der Waals surface area (Å²) in [6, 6.07) is 1.33. The number of hydrogen-bond acceptors (Lipinski definition) is 4. The van der Waals surface area contributed by atoms with Gasteiger partial charge >= 0.3 is 0 Å². The van der Waals surface area contributed by atoms with Crippen LogP contribution in [0.5, 0.6) is 0 Å². The van der Waals surface area contributed by atoms with Crippen LogP contribution >= 0.6 is 11.3 Å². The van der Waals surface area contributed by atoms with Gasteiger partial charge in [-0.15, -0.1) is 11.3 Å². The van der Waals surface area contributed by atoms with E-state index in [-0.39, 0.29) is 5.91 Å². The molecule has 2 N–H and O–H groups in total. The van der Waals surface area contributed by atoms with Crippen molar-refractivity contribution < 1.29 is 4.79 Å². The van der Waals surface area contributed by atoms with Gasteiger partial charge in [0.15, 0.2) is 0 Å². The lowest BCUT2D eigenvalue weighted by Crippen LogP contribution is -2.39. The summed E-state index contributed by atoms with van der Waals surface area (Å²) in [5.41, 5.74) is 1.03. The Kier molecular flexibility index (Phi) is 3.84. The van der Waals surface area contributed by atoms with Crippen LogP contribution in [-0.2, 0) is 11.3 Å². The van der Waals surface area contributed by atoms with Gasteiger partial charge in [-0.3, -0.25) is 4.79 Å². The van der Waals surface area contributed by atoms with E-state index in [0.29, 0.717) is 31.0 Å². The Hall–Kier alpha value is -0.940. The summed E-state index contributed by atoms with van der Waals surface area (Å²) in [5.74, 6) is 0.746. The quantitative estimate of drug-likeness (QED) is 0.886. The van der Waals surface area contributed by atoms with Crippen LogP contribution in [0.3, 0.4) is 0 Å². The summed E-state index contributed by atoms with van der Waals surface area (Å²) in [4.78, 5) is 16.3. The number of thiazole rings is 1. The van der Waals surface area contributed by atoms with Crippen LogP contribution in [0.2, 0.25) is 0 Å². The average Bonchev–Trinajstić information content (AvgIpc) is 2.93. The van der Waals surface area contributed by atoms with Gasteiger partial charge in [-0.05, 0) is 38.5 Å². The molecule has 4 nitrogen and oxygen atoms in total. The molecule has 0 saturated carbocycles. The number of hydrogen-bond donors (Lipinski definition) is 2. The molecule has 104 valence electrons. The lowest BCUT2D eigenvalue weighted by atomic mass is 9.89. The molecular formula is C14H21N3OS. The maximum absolute atomic E-state index is 12.0. The van der Waals surface area contributed by atoms with Crippen LogP contribution < -0.4 is 10.6 Å². The molecule has 2 bridgehead atoms. The van der Waals surface area contributed by atoms with Gasteiger partial charge in [0.2, 0.25) is 5.91 Å². The Morgan fingerprint density at radius 1 is 1.47 bits per heavy atom. The van der Waals surface area contributed by atoms with E-state index in [9.17, 15) is 4.79 Å². The van der Waals surface area contributed by atoms with Crippen LogP contribution in [0.25, 0.3) is 0 Å². The third-order valence-corrected chi connectivity index (χ3v) is 5.11. The second-order valence-electron chi connectivity index (χ2n) is 5.84. The highest BCUT2D eigenvalue weighted by Crippen LogP contribution is 2.32. The summed E-state index contributed by atoms with van der Waals surface area (Å²) in [7, 11) is 0. The van der Waals surface area contributed by atoms with E-state index in [1.54, 1.807) is 11.3 Å². The molecule has 0 aromatic carbocycles. The number of piperidine rings is 1. The number of fused-ring (bicyclic) bond motifs is 2. The molecular weight excluding hydrogens is 258 g/mol. The van der Waals surface area contributed by atoms with Crippen LogP contribution in [0.15, 0.2) is 5.38 Å². The second kappa shape index (κ2) is 5.59. The average molecular weight is 279 g/mol. The van der Waals surface area contributed by atoms with Gasteiger partial charge in [0.1, 0.15) is 5.01 Å². The Bertz CT molecular complexity index is 447. The van der Waals surface area contributed by atoms with Gasteiger partial charge < -0.3 is 10.6 Å². The van der Waals surface area contributed by atoms with Crippen LogP contribution in [0, 0.1) is 12.8 Å². The molecule has 0 spiro atoms. The summed E-state index contributed by atoms with van der Waals surface area (Å²) < 4.78 is 0. The molecule has 1 amide bonds. The SMILES string of the molecule is Cc1csc(CNC(=O)CC2CC3CCC(C2)N3)n1. The molecule has 2 aliphatic rings. The molecule has 2 saturated heterocycles. The number of nitrogens with zero attached hydrogens (tertiary/aromatic N) is 1. The van der Waals surface area contributed by atoms with E-state index < -0.39 is 0 Å². The first kappa shape index (κ1) is 13.1. The molecule has 0 radical (unpaired) electrons. The van der Waals surface area contributed by atoms with E-state index in [4.69, 9.17) is 0 Å². The highest BCUT2D eigenvalue weighted by Gasteiger charge is 2.34. The highest BCUT2D eigenvalue weighted by atomic mass is 32.1. The first-order valence-electron chi connectivity index (χ1n) is 7.13. The van der Waals surface area contributed by atoms with E-state index in [0.717, 1.165) is 10.7 Å². The van der Waals surface area contributed by atoms with Crippen LogP contribution in [-0.4, -0.2) is 23.0 Å². The fourth-order valence-corrected chi connectivity index (χ4v) is 4.05. The maximum atomic E-state index is 12.0. The maximum Gasteiger partial charge on any atom is 0.220 e. The third kappa shape index (κ3) is 3.34. The molecule has 2 aliphatic heterocycles. The van der Waals surface area contributed by atoms with E-state index in [1.807, 2.05) is 12.3 Å². The number of amides is 1. The smallest absolute Gasteiger partial charge is 0.220 e. The Morgan fingerprint density at radius 2 is 2.21 bits per heavy atom. The van der Waals surface area contributed by atoms with Gasteiger partial charge in [-0.25, -0.2) is 4.98 Å². The first-order valence-corrected chi connectivity index (χ1v) is 8.01. The van der Waals surface area contributed by atoms with Gasteiger partial charge in [-0.2, -0.15) is 0 Å². The van der Waals surface area contributed by atoms with Crippen molar-refractivity contribution in [1.82, 2.24) is 15.6 Å². The molecule has 2 fully saturated rings. The van der Waals surface area contributed by atoms with E-state index in [2.05, 4.69) is 15.6 Å². The topological polar surface area (TPSA) is 54.0 Å². The molecule has 3 rings (SSSR count). The van der Waals surface area contributed by atoms with Crippen molar-refractivity contribution in [3.05, 3.63) is 16.1 Å². The summed E-state index contributed by atoms with van der Waals surface area (Å²) in [6.45, 7) is 2.56. The molecule has 2 unspecified atom stereocenters. The minimum absolute atomic E-state index is 0.180. The summed E-state index contributed by atoms with van der Waals surface area (Å²) in [6.07, 6.45) is 5.60. The molecule has 19 heavy (non-hydrogen) atoms. The Balaban J connectivity index is 1.44. The molecule has 3 heterocycles. The predicted molar refractivity (Wildman–Crippen MR) is 76.0 cm³/mol. The van der Waals surface area contributed by atoms with E-state index in [1.165, 1.54) is 25.7 Å². The number of aromatic nitrogens is 1. The molecule has 5 heteroatoms. The van der Waals surface area contributed by atoms with Crippen molar-refractivity contribution in [3.8, 4) is 0 Å². The normalized spacial score (nSPS) is 29.4. The number of carbonyl (C=O) groups is 1. The fraction of sp³-hybridized carbons (Fsp3) is 0.714. The predicted octanol–water partition coefficient (Wildman–Crippen LogP) is 1.99. The van der Waals surface area contributed by atoms with E-state index >= 15 is 0 Å². The van der Waals surface area contributed by atoms with Crippen molar-refractivity contribution in [2.45, 2.75) is 57.7 Å². The third-order valence-electron chi connectivity index (χ3n) is 4.15. The number of rotatable bonds is 4. The largest absolute Gasteiger partial charge is 0.350 e. The van der Waals surface area contributed by atoms with Gasteiger partial charge in [0.05, 0.1) is 6.54 Å². The minimum Gasteiger partial charge on any atom is -0.350 e. The van der Waals surface area contributed by atoms with Gasteiger partial charge in [0.25, 0.3) is 0 Å². The first-order chi connectivity index (χ1) is 9.19. The Morgan fingerprint density at radius 3 is 2.84 bits per heavy atom. The van der Waals surface area contributed by atoms with Crippen LogP contribution in [0.1, 0.15) is 42.8 Å². The van der Waals surface area contributed by atoms with Crippen molar-refractivity contribution in [2.75, 3.05) is 0 Å². The lowest BCUT2D eigenvalue weighted by Gasteiger charge is -2.28. The highest BCUT2D eigenvalue weighted by molar-refractivity contribution is 7.09. The van der Waals surface area contributed by atoms with Gasteiger partial charge in [0, 0.05) is 29.6 Å². The van der Waals surface area contributed by atoms with Crippen LogP contribution in [0.4, 0.5) is 0 Å². The Labute approximate surface area is 118 Å². The minimum atomic E-state index is 0.180. The number of nitrogens with one attached hydrogen (secondary N) is 2. The monoisotopic (exact) mass is 279 g/mol. The van der Waals surface area contributed by atoms with Crippen molar-refractivity contribution in [1.29, 1.82) is 0 Å². The number of aryl methyl sites for hydroxylation is 1. The van der Waals surface area contributed by atoms with Crippen molar-refractivity contribution >= 4 is 17.2 Å². The second-order valence-corrected chi connectivity index (χ2v) is 6.78. The molecule has 0 aliphatic carbocycles. The van der Waals surface area contributed by atoms with Gasteiger partial charge in [-0.1, -0.05) is 0 Å². The summed E-state index contributed by atoms with van der Waals surface area (Å²) >= 11 is 1.61.